The predicted octanol–water partition coefficient (Wildman–Crippen LogP) is 1.87. The number of ether oxygens (including phenoxy) is 1. The molecule has 3 atom stereocenters. The molecule has 1 rings (SSSR count). The van der Waals surface area contributed by atoms with Crippen LogP contribution in [-0.4, -0.2) is 49.8 Å². The molecule has 0 saturated heterocycles. The third-order valence-corrected chi connectivity index (χ3v) is 3.71. The Balaban J connectivity index is 2.56. The number of rotatable bonds is 7. The standard InChI is InChI=1S/C13H28N2O/c1-5-14-12-8-7-9-13(12)15(6-2)11(3)10-16-4/h11-14H,5-10H2,1-4H3. The molecular weight excluding hydrogens is 200 g/mol. The van der Waals surface area contributed by atoms with Crippen molar-refractivity contribution in [2.75, 3.05) is 26.8 Å². The van der Waals surface area contributed by atoms with Crippen LogP contribution >= 0.6 is 0 Å². The highest BCUT2D eigenvalue weighted by Crippen LogP contribution is 2.25. The Bertz CT molecular complexity index is 187. The third kappa shape index (κ3) is 3.44. The largest absolute Gasteiger partial charge is 0.383 e. The molecule has 3 nitrogen and oxygen atoms in total. The third-order valence-electron chi connectivity index (χ3n) is 3.71. The summed E-state index contributed by atoms with van der Waals surface area (Å²) in [4.78, 5) is 2.60. The van der Waals surface area contributed by atoms with Crippen molar-refractivity contribution in [3.05, 3.63) is 0 Å². The molecule has 0 bridgehead atoms. The molecule has 1 aliphatic carbocycles. The van der Waals surface area contributed by atoms with Crippen LogP contribution < -0.4 is 5.32 Å². The van der Waals surface area contributed by atoms with E-state index in [1.54, 1.807) is 7.11 Å². The van der Waals surface area contributed by atoms with Crippen LogP contribution in [0.5, 0.6) is 0 Å². The minimum absolute atomic E-state index is 0.527. The summed E-state index contributed by atoms with van der Waals surface area (Å²) in [6.07, 6.45) is 4.02. The highest BCUT2D eigenvalue weighted by atomic mass is 16.5. The molecule has 0 aromatic carbocycles. The van der Waals surface area contributed by atoms with E-state index in [1.807, 2.05) is 0 Å². The molecule has 3 heteroatoms. The van der Waals surface area contributed by atoms with Gasteiger partial charge in [-0.1, -0.05) is 20.3 Å². The Kier molecular flexibility index (Phi) is 6.32. The first-order chi connectivity index (χ1) is 7.74. The van der Waals surface area contributed by atoms with Gasteiger partial charge in [-0.2, -0.15) is 0 Å². The van der Waals surface area contributed by atoms with Crippen molar-refractivity contribution in [1.29, 1.82) is 0 Å². The predicted molar refractivity (Wildman–Crippen MR) is 68.8 cm³/mol. The van der Waals surface area contributed by atoms with Crippen molar-refractivity contribution in [2.45, 2.75) is 58.2 Å². The molecule has 0 spiro atoms. The van der Waals surface area contributed by atoms with Crippen molar-refractivity contribution in [3.8, 4) is 0 Å². The van der Waals surface area contributed by atoms with E-state index in [0.29, 0.717) is 18.1 Å². The molecule has 96 valence electrons. The number of nitrogens with one attached hydrogen (secondary N) is 1. The first kappa shape index (κ1) is 13.9. The Morgan fingerprint density at radius 1 is 1.38 bits per heavy atom. The monoisotopic (exact) mass is 228 g/mol. The summed E-state index contributed by atoms with van der Waals surface area (Å²) in [6.45, 7) is 9.77. The Labute approximate surface area is 101 Å². The summed E-state index contributed by atoms with van der Waals surface area (Å²) in [7, 11) is 1.79. The van der Waals surface area contributed by atoms with Crippen molar-refractivity contribution in [3.63, 3.8) is 0 Å². The van der Waals surface area contributed by atoms with Crippen LogP contribution in [0.15, 0.2) is 0 Å². The molecule has 1 N–H and O–H groups in total. The van der Waals surface area contributed by atoms with Gasteiger partial charge in [-0.15, -0.1) is 0 Å². The van der Waals surface area contributed by atoms with E-state index in [1.165, 1.54) is 19.3 Å². The molecule has 3 unspecified atom stereocenters. The van der Waals surface area contributed by atoms with Crippen molar-refractivity contribution in [1.82, 2.24) is 10.2 Å². The zero-order chi connectivity index (χ0) is 12.0. The van der Waals surface area contributed by atoms with Gasteiger partial charge in [0.05, 0.1) is 6.61 Å². The van der Waals surface area contributed by atoms with Crippen molar-refractivity contribution in [2.24, 2.45) is 0 Å². The Morgan fingerprint density at radius 3 is 2.69 bits per heavy atom. The maximum absolute atomic E-state index is 5.28. The van der Waals surface area contributed by atoms with Gasteiger partial charge in [0.1, 0.15) is 0 Å². The Morgan fingerprint density at radius 2 is 2.12 bits per heavy atom. The summed E-state index contributed by atoms with van der Waals surface area (Å²) in [5, 5.41) is 3.62. The Hall–Kier alpha value is -0.120. The SMILES string of the molecule is CCNC1CCCC1N(CC)C(C)COC. The molecule has 0 radical (unpaired) electrons. The van der Waals surface area contributed by atoms with E-state index in [9.17, 15) is 0 Å². The molecule has 1 fully saturated rings. The molecule has 0 aliphatic heterocycles. The first-order valence-corrected chi connectivity index (χ1v) is 6.72. The number of nitrogens with zero attached hydrogens (tertiary/aromatic N) is 1. The van der Waals surface area contributed by atoms with Crippen LogP contribution in [0.3, 0.4) is 0 Å². The van der Waals surface area contributed by atoms with E-state index < -0.39 is 0 Å². The van der Waals surface area contributed by atoms with Gasteiger partial charge in [-0.05, 0) is 32.9 Å². The lowest BCUT2D eigenvalue weighted by Gasteiger charge is -2.36. The van der Waals surface area contributed by atoms with E-state index >= 15 is 0 Å². The zero-order valence-electron chi connectivity index (χ0n) is 11.3. The van der Waals surface area contributed by atoms with Gasteiger partial charge in [0, 0.05) is 25.2 Å². The van der Waals surface area contributed by atoms with Crippen LogP contribution in [0, 0.1) is 0 Å². The molecule has 1 aliphatic rings. The van der Waals surface area contributed by atoms with Gasteiger partial charge < -0.3 is 10.1 Å². The second-order valence-electron chi connectivity index (χ2n) is 4.80. The lowest BCUT2D eigenvalue weighted by atomic mass is 10.1. The molecule has 16 heavy (non-hydrogen) atoms. The zero-order valence-corrected chi connectivity index (χ0v) is 11.3. The molecule has 0 aromatic rings. The second kappa shape index (κ2) is 7.25. The maximum Gasteiger partial charge on any atom is 0.0615 e. The quantitative estimate of drug-likeness (QED) is 0.720. The molecule has 0 amide bonds. The average molecular weight is 228 g/mol. The van der Waals surface area contributed by atoms with Crippen LogP contribution in [0.4, 0.5) is 0 Å². The summed E-state index contributed by atoms with van der Waals surface area (Å²) in [5.74, 6) is 0. The van der Waals surface area contributed by atoms with E-state index in [4.69, 9.17) is 4.74 Å². The van der Waals surface area contributed by atoms with Gasteiger partial charge in [0.2, 0.25) is 0 Å². The van der Waals surface area contributed by atoms with Gasteiger partial charge in [0.25, 0.3) is 0 Å². The minimum atomic E-state index is 0.527. The van der Waals surface area contributed by atoms with Crippen LogP contribution in [-0.2, 0) is 4.74 Å². The summed E-state index contributed by atoms with van der Waals surface area (Å²) in [6, 6.07) is 1.92. The first-order valence-electron chi connectivity index (χ1n) is 6.72. The van der Waals surface area contributed by atoms with Gasteiger partial charge in [-0.3, -0.25) is 4.90 Å². The summed E-state index contributed by atoms with van der Waals surface area (Å²) >= 11 is 0. The number of hydrogen-bond acceptors (Lipinski definition) is 3. The van der Waals surface area contributed by atoms with E-state index in [2.05, 4.69) is 31.0 Å². The topological polar surface area (TPSA) is 24.5 Å². The van der Waals surface area contributed by atoms with Crippen LogP contribution in [0.2, 0.25) is 0 Å². The fourth-order valence-electron chi connectivity index (χ4n) is 3.05. The van der Waals surface area contributed by atoms with Gasteiger partial charge in [0.15, 0.2) is 0 Å². The van der Waals surface area contributed by atoms with Crippen LogP contribution in [0.1, 0.15) is 40.0 Å². The highest BCUT2D eigenvalue weighted by molar-refractivity contribution is 4.91. The summed E-state index contributed by atoms with van der Waals surface area (Å²) < 4.78 is 5.28. The number of methoxy groups -OCH3 is 1. The molecule has 0 aromatic heterocycles. The van der Waals surface area contributed by atoms with Crippen molar-refractivity contribution >= 4 is 0 Å². The number of hydrogen-bond donors (Lipinski definition) is 1. The minimum Gasteiger partial charge on any atom is -0.383 e. The lowest BCUT2D eigenvalue weighted by molar-refractivity contribution is 0.0660. The average Bonchev–Trinajstić information content (AvgIpc) is 2.69. The highest BCUT2D eigenvalue weighted by Gasteiger charge is 2.32. The van der Waals surface area contributed by atoms with Crippen LogP contribution in [0.25, 0.3) is 0 Å². The maximum atomic E-state index is 5.28. The summed E-state index contributed by atoms with van der Waals surface area (Å²) in [5.41, 5.74) is 0. The van der Waals surface area contributed by atoms with E-state index in [-0.39, 0.29) is 0 Å². The van der Waals surface area contributed by atoms with Crippen molar-refractivity contribution < 1.29 is 4.74 Å². The van der Waals surface area contributed by atoms with E-state index in [0.717, 1.165) is 19.7 Å². The van der Waals surface area contributed by atoms with Gasteiger partial charge in [-0.25, -0.2) is 0 Å². The second-order valence-corrected chi connectivity index (χ2v) is 4.80. The molecule has 1 saturated carbocycles. The molecular formula is C13H28N2O. The fourth-order valence-corrected chi connectivity index (χ4v) is 3.05. The van der Waals surface area contributed by atoms with Gasteiger partial charge >= 0.3 is 0 Å². The fraction of sp³-hybridized carbons (Fsp3) is 1.00. The molecule has 0 heterocycles. The normalized spacial score (nSPS) is 27.6. The smallest absolute Gasteiger partial charge is 0.0615 e. The number of likely N-dealkylation sites (N-methyl/N-ethyl adjacent to an activating group) is 2. The lowest BCUT2D eigenvalue weighted by Crippen LogP contribution is -2.51.